The van der Waals surface area contributed by atoms with Crippen LogP contribution in [-0.4, -0.2) is 48.6 Å². The van der Waals surface area contributed by atoms with E-state index in [1.807, 2.05) is 0 Å². The van der Waals surface area contributed by atoms with Crippen molar-refractivity contribution in [2.45, 2.75) is 24.7 Å². The number of aromatic nitrogens is 2. The zero-order valence-electron chi connectivity index (χ0n) is 10.7. The molecule has 2 heterocycles. The smallest absolute Gasteiger partial charge is 0.310 e. The Morgan fingerprint density at radius 2 is 2.42 bits per heavy atom. The zero-order chi connectivity index (χ0) is 13.9. The van der Waals surface area contributed by atoms with Gasteiger partial charge in [0.2, 0.25) is 10.0 Å². The van der Waals surface area contributed by atoms with Gasteiger partial charge in [-0.3, -0.25) is 9.89 Å². The molecular weight excluding hydrogens is 270 g/mol. The van der Waals surface area contributed by atoms with Crippen LogP contribution < -0.4 is 0 Å². The maximum absolute atomic E-state index is 12.3. The molecule has 1 aliphatic heterocycles. The van der Waals surface area contributed by atoms with Crippen LogP contribution in [0.1, 0.15) is 19.8 Å². The molecule has 0 aliphatic carbocycles. The van der Waals surface area contributed by atoms with Crippen molar-refractivity contribution in [1.29, 1.82) is 0 Å². The first-order valence-corrected chi connectivity index (χ1v) is 7.65. The summed E-state index contributed by atoms with van der Waals surface area (Å²) in [5.74, 6) is -0.704. The average molecular weight is 287 g/mol. The van der Waals surface area contributed by atoms with Crippen LogP contribution in [0.4, 0.5) is 0 Å². The molecule has 0 saturated carbocycles. The second-order valence-electron chi connectivity index (χ2n) is 4.39. The summed E-state index contributed by atoms with van der Waals surface area (Å²) in [6.45, 7) is 2.64. The lowest BCUT2D eigenvalue weighted by Gasteiger charge is -2.30. The third-order valence-corrected chi connectivity index (χ3v) is 4.95. The van der Waals surface area contributed by atoms with Crippen molar-refractivity contribution in [2.24, 2.45) is 5.92 Å². The summed E-state index contributed by atoms with van der Waals surface area (Å²) < 4.78 is 30.9. The first-order chi connectivity index (χ1) is 9.05. The molecule has 1 N–H and O–H groups in total. The normalized spacial score (nSPS) is 21.2. The fraction of sp³-hybridized carbons (Fsp3) is 0.636. The molecule has 7 nitrogen and oxygen atoms in total. The Labute approximate surface area is 112 Å². The summed E-state index contributed by atoms with van der Waals surface area (Å²) in [4.78, 5) is 11.8. The van der Waals surface area contributed by atoms with Crippen LogP contribution in [0.5, 0.6) is 0 Å². The van der Waals surface area contributed by atoms with Crippen molar-refractivity contribution in [2.75, 3.05) is 19.7 Å². The van der Waals surface area contributed by atoms with Crippen molar-refractivity contribution in [3.8, 4) is 0 Å². The van der Waals surface area contributed by atoms with Gasteiger partial charge in [0.1, 0.15) is 4.90 Å². The van der Waals surface area contributed by atoms with E-state index in [1.54, 1.807) is 6.92 Å². The molecule has 19 heavy (non-hydrogen) atoms. The molecule has 1 aliphatic rings. The van der Waals surface area contributed by atoms with Crippen LogP contribution in [0, 0.1) is 5.92 Å². The van der Waals surface area contributed by atoms with Crippen LogP contribution in [-0.2, 0) is 19.6 Å². The van der Waals surface area contributed by atoms with E-state index in [0.717, 1.165) is 0 Å². The Morgan fingerprint density at radius 3 is 3.05 bits per heavy atom. The third kappa shape index (κ3) is 2.95. The van der Waals surface area contributed by atoms with Gasteiger partial charge in [0, 0.05) is 19.3 Å². The average Bonchev–Trinajstić information content (AvgIpc) is 2.94. The lowest BCUT2D eigenvalue weighted by Crippen LogP contribution is -2.42. The largest absolute Gasteiger partial charge is 0.466 e. The Kier molecular flexibility index (Phi) is 4.20. The summed E-state index contributed by atoms with van der Waals surface area (Å²) >= 11 is 0. The molecule has 1 atom stereocenters. The van der Waals surface area contributed by atoms with E-state index < -0.39 is 10.0 Å². The second kappa shape index (κ2) is 5.70. The number of carbonyl (C=O) groups excluding carboxylic acids is 1. The lowest BCUT2D eigenvalue weighted by molar-refractivity contribution is -0.149. The van der Waals surface area contributed by atoms with Gasteiger partial charge >= 0.3 is 5.97 Å². The van der Waals surface area contributed by atoms with E-state index in [1.165, 1.54) is 16.7 Å². The van der Waals surface area contributed by atoms with Gasteiger partial charge in [-0.15, -0.1) is 0 Å². The number of piperidine rings is 1. The highest BCUT2D eigenvalue weighted by Crippen LogP contribution is 2.23. The molecule has 2 rings (SSSR count). The first kappa shape index (κ1) is 14.0. The van der Waals surface area contributed by atoms with Gasteiger partial charge < -0.3 is 4.74 Å². The molecule has 8 heteroatoms. The molecule has 1 fully saturated rings. The summed E-state index contributed by atoms with van der Waals surface area (Å²) in [7, 11) is -3.57. The standard InChI is InChI=1S/C11H17N3O4S/c1-2-18-11(15)9-4-3-5-14(8-9)19(16,17)10-6-12-13-7-10/h6-7,9H,2-5,8H2,1H3,(H,12,13)/t9-/m1/s1. The maximum Gasteiger partial charge on any atom is 0.310 e. The number of esters is 1. The van der Waals surface area contributed by atoms with Gasteiger partial charge in [-0.05, 0) is 19.8 Å². The molecule has 0 spiro atoms. The summed E-state index contributed by atoms with van der Waals surface area (Å²) in [6, 6.07) is 0. The van der Waals surface area contributed by atoms with Crippen LogP contribution >= 0.6 is 0 Å². The van der Waals surface area contributed by atoms with Gasteiger partial charge in [-0.1, -0.05) is 0 Å². The van der Waals surface area contributed by atoms with E-state index in [-0.39, 0.29) is 23.3 Å². The molecule has 106 valence electrons. The molecule has 0 bridgehead atoms. The predicted molar refractivity (Wildman–Crippen MR) is 66.7 cm³/mol. The molecule has 0 aromatic carbocycles. The van der Waals surface area contributed by atoms with E-state index >= 15 is 0 Å². The number of aromatic amines is 1. The van der Waals surface area contributed by atoms with Crippen molar-refractivity contribution in [3.05, 3.63) is 12.4 Å². The molecule has 0 radical (unpaired) electrons. The highest BCUT2D eigenvalue weighted by molar-refractivity contribution is 7.89. The Hall–Kier alpha value is -1.41. The monoisotopic (exact) mass is 287 g/mol. The second-order valence-corrected chi connectivity index (χ2v) is 6.33. The van der Waals surface area contributed by atoms with E-state index in [4.69, 9.17) is 4.74 Å². The van der Waals surface area contributed by atoms with Gasteiger partial charge in [-0.2, -0.15) is 9.40 Å². The zero-order valence-corrected chi connectivity index (χ0v) is 11.5. The van der Waals surface area contributed by atoms with Gasteiger partial charge in [0.25, 0.3) is 0 Å². The lowest BCUT2D eigenvalue weighted by atomic mass is 10.0. The topological polar surface area (TPSA) is 92.4 Å². The van der Waals surface area contributed by atoms with Gasteiger partial charge in [0.05, 0.1) is 18.7 Å². The Morgan fingerprint density at radius 1 is 1.63 bits per heavy atom. The summed E-state index contributed by atoms with van der Waals surface area (Å²) in [6.07, 6.45) is 3.92. The SMILES string of the molecule is CCOC(=O)[C@@H]1CCCN(S(=O)(=O)c2cn[nH]c2)C1. The number of hydrogen-bond donors (Lipinski definition) is 1. The maximum atomic E-state index is 12.3. The highest BCUT2D eigenvalue weighted by Gasteiger charge is 2.34. The highest BCUT2D eigenvalue weighted by atomic mass is 32.2. The Bertz CT molecular complexity index is 526. The van der Waals surface area contributed by atoms with Gasteiger partial charge in [-0.25, -0.2) is 8.42 Å². The van der Waals surface area contributed by atoms with E-state index in [9.17, 15) is 13.2 Å². The molecular formula is C11H17N3O4S. The van der Waals surface area contributed by atoms with Crippen molar-refractivity contribution >= 4 is 16.0 Å². The van der Waals surface area contributed by atoms with Crippen LogP contribution in [0.3, 0.4) is 0 Å². The van der Waals surface area contributed by atoms with E-state index in [0.29, 0.717) is 26.0 Å². The molecule has 0 amide bonds. The first-order valence-electron chi connectivity index (χ1n) is 6.21. The van der Waals surface area contributed by atoms with Crippen LogP contribution in [0.25, 0.3) is 0 Å². The van der Waals surface area contributed by atoms with Crippen molar-refractivity contribution in [3.63, 3.8) is 0 Å². The number of sulfonamides is 1. The minimum Gasteiger partial charge on any atom is -0.466 e. The molecule has 1 saturated heterocycles. The fourth-order valence-corrected chi connectivity index (χ4v) is 3.57. The van der Waals surface area contributed by atoms with Crippen LogP contribution in [0.2, 0.25) is 0 Å². The Balaban J connectivity index is 2.11. The predicted octanol–water partition coefficient (Wildman–Crippen LogP) is 0.373. The molecule has 1 aromatic rings. The number of rotatable bonds is 4. The number of H-pyrrole nitrogens is 1. The number of hydrogen-bond acceptors (Lipinski definition) is 5. The number of ether oxygens (including phenoxy) is 1. The number of carbonyl (C=O) groups is 1. The van der Waals surface area contributed by atoms with E-state index in [2.05, 4.69) is 10.2 Å². The van der Waals surface area contributed by atoms with Gasteiger partial charge in [0.15, 0.2) is 0 Å². The van der Waals surface area contributed by atoms with Crippen molar-refractivity contribution < 1.29 is 17.9 Å². The fourth-order valence-electron chi connectivity index (χ4n) is 2.14. The summed E-state index contributed by atoms with van der Waals surface area (Å²) in [5, 5.41) is 6.13. The minimum atomic E-state index is -3.57. The molecule has 0 unspecified atom stereocenters. The molecule has 1 aromatic heterocycles. The van der Waals surface area contributed by atoms with Crippen LogP contribution in [0.15, 0.2) is 17.3 Å². The quantitative estimate of drug-likeness (QED) is 0.808. The number of nitrogens with one attached hydrogen (secondary N) is 1. The number of nitrogens with zero attached hydrogens (tertiary/aromatic N) is 2. The minimum absolute atomic E-state index is 0.122. The summed E-state index contributed by atoms with van der Waals surface area (Å²) in [5.41, 5.74) is 0. The third-order valence-electron chi connectivity index (χ3n) is 3.11. The van der Waals surface area contributed by atoms with Crippen molar-refractivity contribution in [1.82, 2.24) is 14.5 Å².